The van der Waals surface area contributed by atoms with Crippen molar-refractivity contribution in [1.82, 2.24) is 9.80 Å². The van der Waals surface area contributed by atoms with E-state index in [1.165, 1.54) is 4.90 Å². The maximum Gasteiger partial charge on any atom is 0.295 e. The summed E-state index contributed by atoms with van der Waals surface area (Å²) in [6.45, 7) is 12.9. The average molecular weight is 441 g/mol. The molecule has 1 aromatic heterocycles. The third kappa shape index (κ3) is 4.58. The van der Waals surface area contributed by atoms with Crippen LogP contribution in [0.5, 0.6) is 5.75 Å². The Balaban J connectivity index is 2.06. The maximum atomic E-state index is 13.1. The standard InChI is InChI=1S/C25H32N2O5/c1-6-26(7-2)13-14-27-22(20-11-9-17(5)32-20)21(24(29)25(27)30)23(28)18-10-12-19(31-8-3)16(4)15-18/h9-12,15,22,28H,6-8,13-14H2,1-5H3/b23-21-. The molecular formula is C25H32N2O5. The third-order valence-electron chi connectivity index (χ3n) is 5.87. The highest BCUT2D eigenvalue weighted by Gasteiger charge is 2.47. The van der Waals surface area contributed by atoms with Crippen LogP contribution in [0, 0.1) is 13.8 Å². The van der Waals surface area contributed by atoms with Gasteiger partial charge in [-0.15, -0.1) is 0 Å². The van der Waals surface area contributed by atoms with Crippen LogP contribution < -0.4 is 4.74 Å². The first kappa shape index (κ1) is 23.6. The van der Waals surface area contributed by atoms with E-state index in [1.807, 2.05) is 13.8 Å². The molecule has 0 bridgehead atoms. The fourth-order valence-electron chi connectivity index (χ4n) is 4.07. The molecule has 3 rings (SSSR count). The molecule has 1 aliphatic heterocycles. The van der Waals surface area contributed by atoms with Crippen LogP contribution >= 0.6 is 0 Å². The molecule has 172 valence electrons. The minimum Gasteiger partial charge on any atom is -0.507 e. The summed E-state index contributed by atoms with van der Waals surface area (Å²) in [5, 5.41) is 11.2. The Bertz CT molecular complexity index is 1020. The van der Waals surface area contributed by atoms with Crippen LogP contribution in [0.15, 0.2) is 40.3 Å². The van der Waals surface area contributed by atoms with Gasteiger partial charge in [0.25, 0.3) is 11.7 Å². The molecule has 32 heavy (non-hydrogen) atoms. The Kier molecular flexibility index (Phi) is 7.40. The van der Waals surface area contributed by atoms with Gasteiger partial charge in [0.1, 0.15) is 29.1 Å². The summed E-state index contributed by atoms with van der Waals surface area (Å²) in [5.41, 5.74) is 1.34. The lowest BCUT2D eigenvalue weighted by atomic mass is 9.98. The predicted molar refractivity (Wildman–Crippen MR) is 123 cm³/mol. The monoisotopic (exact) mass is 440 g/mol. The van der Waals surface area contributed by atoms with Gasteiger partial charge in [-0.2, -0.15) is 0 Å². The fraction of sp³-hybridized carbons (Fsp3) is 0.440. The topological polar surface area (TPSA) is 83.2 Å². The number of likely N-dealkylation sites (N-methyl/N-ethyl adjacent to an activating group) is 1. The van der Waals surface area contributed by atoms with E-state index < -0.39 is 17.7 Å². The van der Waals surface area contributed by atoms with Gasteiger partial charge in [-0.3, -0.25) is 9.59 Å². The number of ketones is 1. The lowest BCUT2D eigenvalue weighted by Gasteiger charge is -2.26. The van der Waals surface area contributed by atoms with Crippen molar-refractivity contribution in [2.45, 2.75) is 40.7 Å². The SMILES string of the molecule is CCOc1ccc(/C(O)=C2/C(=O)C(=O)N(CCN(CC)CC)C2c2ccc(C)o2)cc1C. The summed E-state index contributed by atoms with van der Waals surface area (Å²) in [6.07, 6.45) is 0. The number of hydrogen-bond acceptors (Lipinski definition) is 6. The maximum absolute atomic E-state index is 13.1. The van der Waals surface area contributed by atoms with E-state index in [0.29, 0.717) is 42.5 Å². The van der Waals surface area contributed by atoms with Gasteiger partial charge in [-0.05, 0) is 69.8 Å². The highest BCUT2D eigenvalue weighted by Crippen LogP contribution is 2.40. The third-order valence-corrected chi connectivity index (χ3v) is 5.87. The summed E-state index contributed by atoms with van der Waals surface area (Å²) in [5.74, 6) is 0.311. The van der Waals surface area contributed by atoms with Crippen LogP contribution in [0.3, 0.4) is 0 Å². The number of benzene rings is 1. The van der Waals surface area contributed by atoms with Gasteiger partial charge in [0, 0.05) is 18.7 Å². The van der Waals surface area contributed by atoms with Gasteiger partial charge in [-0.1, -0.05) is 13.8 Å². The van der Waals surface area contributed by atoms with E-state index in [2.05, 4.69) is 18.7 Å². The number of carbonyl (C=O) groups excluding carboxylic acids is 2. The smallest absolute Gasteiger partial charge is 0.295 e. The zero-order chi connectivity index (χ0) is 23.4. The Morgan fingerprint density at radius 3 is 2.41 bits per heavy atom. The highest BCUT2D eigenvalue weighted by molar-refractivity contribution is 6.46. The summed E-state index contributed by atoms with van der Waals surface area (Å²) in [4.78, 5) is 29.7. The van der Waals surface area contributed by atoms with Crippen LogP contribution in [0.1, 0.15) is 49.5 Å². The zero-order valence-corrected chi connectivity index (χ0v) is 19.5. The van der Waals surface area contributed by atoms with Crippen LogP contribution in [-0.2, 0) is 9.59 Å². The molecule has 1 amide bonds. The largest absolute Gasteiger partial charge is 0.507 e. The van der Waals surface area contributed by atoms with Gasteiger partial charge < -0.3 is 24.1 Å². The van der Waals surface area contributed by atoms with Crippen molar-refractivity contribution < 1.29 is 23.8 Å². The first-order valence-electron chi connectivity index (χ1n) is 11.1. The number of carbonyl (C=O) groups is 2. The molecule has 0 aliphatic carbocycles. The van der Waals surface area contributed by atoms with Gasteiger partial charge in [0.05, 0.1) is 12.2 Å². The van der Waals surface area contributed by atoms with Gasteiger partial charge in [0.2, 0.25) is 0 Å². The van der Waals surface area contributed by atoms with Crippen molar-refractivity contribution in [2.24, 2.45) is 0 Å². The molecule has 0 spiro atoms. The molecule has 7 nitrogen and oxygen atoms in total. The summed E-state index contributed by atoms with van der Waals surface area (Å²) < 4.78 is 11.4. The number of hydrogen-bond donors (Lipinski definition) is 1. The van der Waals surface area contributed by atoms with E-state index in [1.54, 1.807) is 37.3 Å². The first-order valence-corrected chi connectivity index (χ1v) is 11.1. The molecule has 2 aromatic rings. The average Bonchev–Trinajstić information content (AvgIpc) is 3.31. The molecule has 0 saturated carbocycles. The zero-order valence-electron chi connectivity index (χ0n) is 19.5. The van der Waals surface area contributed by atoms with E-state index in [-0.39, 0.29) is 11.3 Å². The lowest BCUT2D eigenvalue weighted by Crippen LogP contribution is -2.37. The van der Waals surface area contributed by atoms with Gasteiger partial charge in [0.15, 0.2) is 0 Å². The number of furan rings is 1. The number of aliphatic hydroxyl groups excluding tert-OH is 1. The molecular weight excluding hydrogens is 408 g/mol. The quantitative estimate of drug-likeness (QED) is 0.360. The molecule has 1 aliphatic rings. The van der Waals surface area contributed by atoms with E-state index in [0.717, 1.165) is 18.7 Å². The first-order chi connectivity index (χ1) is 15.3. The number of aliphatic hydroxyl groups is 1. The van der Waals surface area contributed by atoms with Crippen molar-refractivity contribution in [3.63, 3.8) is 0 Å². The van der Waals surface area contributed by atoms with E-state index in [9.17, 15) is 14.7 Å². The number of amides is 1. The van der Waals surface area contributed by atoms with Crippen molar-refractivity contribution >= 4 is 17.4 Å². The second-order valence-electron chi connectivity index (χ2n) is 7.88. The number of Topliss-reactive ketones (excluding diaryl/α,β-unsaturated/α-hetero) is 1. The molecule has 0 radical (unpaired) electrons. The Hall–Kier alpha value is -3.06. The van der Waals surface area contributed by atoms with Crippen LogP contribution in [-0.4, -0.2) is 59.4 Å². The second kappa shape index (κ2) is 10.0. The van der Waals surface area contributed by atoms with E-state index in [4.69, 9.17) is 9.15 Å². The minimum absolute atomic E-state index is 0.0486. The summed E-state index contributed by atoms with van der Waals surface area (Å²) >= 11 is 0. The van der Waals surface area contributed by atoms with Crippen LogP contribution in [0.2, 0.25) is 0 Å². The lowest BCUT2D eigenvalue weighted by molar-refractivity contribution is -0.140. The predicted octanol–water partition coefficient (Wildman–Crippen LogP) is 4.06. The number of aryl methyl sites for hydroxylation is 2. The molecule has 1 N–H and O–H groups in total. The van der Waals surface area contributed by atoms with Crippen molar-refractivity contribution in [3.8, 4) is 5.75 Å². The van der Waals surface area contributed by atoms with Gasteiger partial charge >= 0.3 is 0 Å². The molecule has 2 heterocycles. The van der Waals surface area contributed by atoms with Crippen LogP contribution in [0.25, 0.3) is 5.76 Å². The number of ether oxygens (including phenoxy) is 1. The molecule has 1 unspecified atom stereocenters. The highest BCUT2D eigenvalue weighted by atomic mass is 16.5. The van der Waals surface area contributed by atoms with E-state index >= 15 is 0 Å². The molecule has 1 fully saturated rings. The van der Waals surface area contributed by atoms with Crippen molar-refractivity contribution in [3.05, 3.63) is 58.6 Å². The van der Waals surface area contributed by atoms with Crippen molar-refractivity contribution in [1.29, 1.82) is 0 Å². The Morgan fingerprint density at radius 1 is 1.12 bits per heavy atom. The molecule has 1 saturated heterocycles. The number of likely N-dealkylation sites (tertiary alicyclic amines) is 1. The van der Waals surface area contributed by atoms with Crippen molar-refractivity contribution in [2.75, 3.05) is 32.8 Å². The Morgan fingerprint density at radius 2 is 1.84 bits per heavy atom. The second-order valence-corrected chi connectivity index (χ2v) is 7.88. The molecule has 1 aromatic carbocycles. The summed E-state index contributed by atoms with van der Waals surface area (Å²) in [6, 6.07) is 7.99. The van der Waals surface area contributed by atoms with Crippen LogP contribution in [0.4, 0.5) is 0 Å². The Labute approximate surface area is 189 Å². The number of rotatable bonds is 9. The molecule has 1 atom stereocenters. The fourth-order valence-corrected chi connectivity index (χ4v) is 4.07. The number of nitrogens with zero attached hydrogens (tertiary/aromatic N) is 2. The minimum atomic E-state index is -0.772. The summed E-state index contributed by atoms with van der Waals surface area (Å²) in [7, 11) is 0. The van der Waals surface area contributed by atoms with Gasteiger partial charge in [-0.25, -0.2) is 0 Å². The molecule has 7 heteroatoms. The normalized spacial score (nSPS) is 18.1.